The van der Waals surface area contributed by atoms with Crippen molar-refractivity contribution in [3.8, 4) is 0 Å². The number of methoxy groups -OCH3 is 1. The van der Waals surface area contributed by atoms with Gasteiger partial charge in [-0.15, -0.1) is 5.10 Å². The number of hydrogen-bond donors (Lipinski definition) is 1. The number of aromatic nitrogens is 3. The largest absolute Gasteiger partial charge is 0.469 e. The minimum Gasteiger partial charge on any atom is -0.469 e. The van der Waals surface area contributed by atoms with E-state index in [9.17, 15) is 9.59 Å². The van der Waals surface area contributed by atoms with Gasteiger partial charge in [-0.3, -0.25) is 14.7 Å². The lowest BCUT2D eigenvalue weighted by atomic mass is 9.98. The van der Waals surface area contributed by atoms with Gasteiger partial charge in [-0.1, -0.05) is 0 Å². The molecule has 7 heteroatoms. The number of likely N-dealkylation sites (tertiary alicyclic amines) is 1. The van der Waals surface area contributed by atoms with Crippen molar-refractivity contribution >= 4 is 11.9 Å². The molecule has 2 heterocycles. The summed E-state index contributed by atoms with van der Waals surface area (Å²) in [5.74, 6) is -0.00254. The predicted octanol–water partition coefficient (Wildman–Crippen LogP) is 0.138. The first-order valence-electron chi connectivity index (χ1n) is 5.88. The normalized spacial score (nSPS) is 19.7. The van der Waals surface area contributed by atoms with Crippen molar-refractivity contribution < 1.29 is 14.3 Å². The fourth-order valence-electron chi connectivity index (χ4n) is 2.10. The molecule has 0 spiro atoms. The number of nitrogens with one attached hydrogen (secondary N) is 1. The topological polar surface area (TPSA) is 88.2 Å². The molecule has 7 nitrogen and oxygen atoms in total. The van der Waals surface area contributed by atoms with Gasteiger partial charge in [0.15, 0.2) is 0 Å². The number of aryl methyl sites for hydroxylation is 1. The van der Waals surface area contributed by atoms with E-state index in [0.717, 1.165) is 12.8 Å². The number of H-pyrrole nitrogens is 1. The molecule has 1 aromatic heterocycles. The Hall–Kier alpha value is -1.92. The van der Waals surface area contributed by atoms with Crippen LogP contribution in [0.3, 0.4) is 0 Å². The minimum absolute atomic E-state index is 0.151. The number of hydrogen-bond acceptors (Lipinski definition) is 5. The summed E-state index contributed by atoms with van der Waals surface area (Å²) in [4.78, 5) is 29.2. The number of esters is 1. The van der Waals surface area contributed by atoms with Crippen LogP contribution in [0, 0.1) is 12.8 Å². The van der Waals surface area contributed by atoms with Crippen molar-refractivity contribution in [2.45, 2.75) is 19.8 Å². The van der Waals surface area contributed by atoms with E-state index < -0.39 is 0 Å². The van der Waals surface area contributed by atoms with E-state index in [1.54, 1.807) is 11.8 Å². The molecule has 18 heavy (non-hydrogen) atoms. The Morgan fingerprint density at radius 2 is 2.28 bits per heavy atom. The van der Waals surface area contributed by atoms with Crippen molar-refractivity contribution in [1.82, 2.24) is 20.1 Å². The molecule has 0 radical (unpaired) electrons. The second-order valence-electron chi connectivity index (χ2n) is 4.36. The lowest BCUT2D eigenvalue weighted by Gasteiger charge is -2.30. The molecule has 1 aliphatic heterocycles. The lowest BCUT2D eigenvalue weighted by Crippen LogP contribution is -2.43. The summed E-state index contributed by atoms with van der Waals surface area (Å²) in [5.41, 5.74) is 0. The lowest BCUT2D eigenvalue weighted by molar-refractivity contribution is -0.146. The molecule has 2 rings (SSSR count). The number of ether oxygens (including phenoxy) is 1. The average molecular weight is 252 g/mol. The summed E-state index contributed by atoms with van der Waals surface area (Å²) < 4.78 is 4.71. The molecule has 1 fully saturated rings. The third kappa shape index (κ3) is 2.49. The molecule has 0 aliphatic carbocycles. The highest BCUT2D eigenvalue weighted by atomic mass is 16.5. The van der Waals surface area contributed by atoms with E-state index >= 15 is 0 Å². The van der Waals surface area contributed by atoms with E-state index in [0.29, 0.717) is 18.9 Å². The number of nitrogens with zero attached hydrogens (tertiary/aromatic N) is 3. The Kier molecular flexibility index (Phi) is 3.59. The van der Waals surface area contributed by atoms with E-state index in [4.69, 9.17) is 4.74 Å². The van der Waals surface area contributed by atoms with E-state index in [1.807, 2.05) is 0 Å². The summed E-state index contributed by atoms with van der Waals surface area (Å²) >= 11 is 0. The highest BCUT2D eigenvalue weighted by Crippen LogP contribution is 2.18. The maximum absolute atomic E-state index is 12.1. The van der Waals surface area contributed by atoms with Gasteiger partial charge in [0, 0.05) is 13.1 Å². The Morgan fingerprint density at radius 3 is 2.89 bits per heavy atom. The van der Waals surface area contributed by atoms with Gasteiger partial charge in [0.05, 0.1) is 13.0 Å². The van der Waals surface area contributed by atoms with Crippen molar-refractivity contribution in [3.05, 3.63) is 11.6 Å². The molecule has 0 aromatic carbocycles. The first-order chi connectivity index (χ1) is 8.61. The molecule has 1 aliphatic rings. The van der Waals surface area contributed by atoms with Gasteiger partial charge >= 0.3 is 5.97 Å². The Labute approximate surface area is 105 Å². The number of carbonyl (C=O) groups excluding carboxylic acids is 2. The Morgan fingerprint density at radius 1 is 1.50 bits per heavy atom. The predicted molar refractivity (Wildman–Crippen MR) is 61.8 cm³/mol. The summed E-state index contributed by atoms with van der Waals surface area (Å²) in [6.45, 7) is 2.73. The zero-order valence-electron chi connectivity index (χ0n) is 10.5. The molecule has 1 amide bonds. The molecule has 98 valence electrons. The third-order valence-electron chi connectivity index (χ3n) is 3.03. The summed E-state index contributed by atoms with van der Waals surface area (Å²) in [7, 11) is 1.36. The van der Waals surface area contributed by atoms with Crippen molar-refractivity contribution in [3.63, 3.8) is 0 Å². The van der Waals surface area contributed by atoms with Crippen LogP contribution >= 0.6 is 0 Å². The average Bonchev–Trinajstić information content (AvgIpc) is 2.83. The summed E-state index contributed by atoms with van der Waals surface area (Å²) in [6, 6.07) is 0. The van der Waals surface area contributed by atoms with Crippen LogP contribution in [0.25, 0.3) is 0 Å². The fraction of sp³-hybridized carbons (Fsp3) is 0.636. The standard InChI is InChI=1S/C11H16N4O3/c1-7-12-9(14-13-7)10(16)15-5-3-4-8(6-15)11(17)18-2/h8H,3-6H2,1-2H3,(H,12,13,14). The molecule has 1 atom stereocenters. The Balaban J connectivity index is 2.05. The molecule has 1 saturated heterocycles. The number of piperidine rings is 1. The van der Waals surface area contributed by atoms with Crippen LogP contribution < -0.4 is 0 Å². The van der Waals surface area contributed by atoms with Gasteiger partial charge in [-0.2, -0.15) is 0 Å². The van der Waals surface area contributed by atoms with Gasteiger partial charge in [-0.05, 0) is 19.8 Å². The zero-order chi connectivity index (χ0) is 13.1. The van der Waals surface area contributed by atoms with Gasteiger partial charge in [0.1, 0.15) is 5.82 Å². The van der Waals surface area contributed by atoms with E-state index in [2.05, 4.69) is 15.2 Å². The van der Waals surface area contributed by atoms with Crippen LogP contribution in [0.5, 0.6) is 0 Å². The molecular weight excluding hydrogens is 236 g/mol. The van der Waals surface area contributed by atoms with Crippen molar-refractivity contribution in [1.29, 1.82) is 0 Å². The minimum atomic E-state index is -0.265. The van der Waals surface area contributed by atoms with Gasteiger partial charge in [0.25, 0.3) is 5.91 Å². The van der Waals surface area contributed by atoms with E-state index in [-0.39, 0.29) is 23.6 Å². The monoisotopic (exact) mass is 252 g/mol. The SMILES string of the molecule is COC(=O)C1CCCN(C(=O)c2n[nH]c(C)n2)C1. The second kappa shape index (κ2) is 5.16. The first kappa shape index (κ1) is 12.5. The maximum atomic E-state index is 12.1. The molecule has 0 bridgehead atoms. The van der Waals surface area contributed by atoms with Crippen LogP contribution in [-0.2, 0) is 9.53 Å². The van der Waals surface area contributed by atoms with Gasteiger partial charge < -0.3 is 9.64 Å². The van der Waals surface area contributed by atoms with Crippen molar-refractivity contribution in [2.75, 3.05) is 20.2 Å². The summed E-state index contributed by atoms with van der Waals surface area (Å²) in [6.07, 6.45) is 1.54. The summed E-state index contributed by atoms with van der Waals surface area (Å²) in [5, 5.41) is 6.47. The van der Waals surface area contributed by atoms with Crippen LogP contribution in [0.4, 0.5) is 0 Å². The number of aromatic amines is 1. The second-order valence-corrected chi connectivity index (χ2v) is 4.36. The smallest absolute Gasteiger partial charge is 0.310 e. The molecule has 1 aromatic rings. The molecule has 1 N–H and O–H groups in total. The van der Waals surface area contributed by atoms with Crippen LogP contribution in [0.1, 0.15) is 29.3 Å². The van der Waals surface area contributed by atoms with Gasteiger partial charge in [-0.25, -0.2) is 4.98 Å². The zero-order valence-corrected chi connectivity index (χ0v) is 10.5. The van der Waals surface area contributed by atoms with Crippen molar-refractivity contribution in [2.24, 2.45) is 5.92 Å². The van der Waals surface area contributed by atoms with Crippen LogP contribution in [0.2, 0.25) is 0 Å². The maximum Gasteiger partial charge on any atom is 0.310 e. The third-order valence-corrected chi connectivity index (χ3v) is 3.03. The number of amides is 1. The number of carbonyl (C=O) groups is 2. The highest BCUT2D eigenvalue weighted by Gasteiger charge is 2.30. The van der Waals surface area contributed by atoms with Crippen LogP contribution in [-0.4, -0.2) is 52.2 Å². The fourth-order valence-corrected chi connectivity index (χ4v) is 2.10. The quantitative estimate of drug-likeness (QED) is 0.756. The highest BCUT2D eigenvalue weighted by molar-refractivity contribution is 5.90. The van der Waals surface area contributed by atoms with Gasteiger partial charge in [0.2, 0.25) is 5.82 Å². The Bertz CT molecular complexity index is 457. The molecule has 1 unspecified atom stereocenters. The first-order valence-corrected chi connectivity index (χ1v) is 5.88. The molecular formula is C11H16N4O3. The molecule has 0 saturated carbocycles. The van der Waals surface area contributed by atoms with E-state index in [1.165, 1.54) is 7.11 Å². The van der Waals surface area contributed by atoms with Crippen LogP contribution in [0.15, 0.2) is 0 Å². The number of rotatable bonds is 2.